The van der Waals surface area contributed by atoms with Crippen molar-refractivity contribution in [3.8, 4) is 5.75 Å². The molecule has 1 amide bonds. The second kappa shape index (κ2) is 7.46. The monoisotopic (exact) mass is 379 g/mol. The molecule has 0 aliphatic rings. The van der Waals surface area contributed by atoms with Crippen molar-refractivity contribution in [3.63, 3.8) is 0 Å². The summed E-state index contributed by atoms with van der Waals surface area (Å²) in [6.45, 7) is 8.51. The molecule has 3 aromatic rings. The third-order valence-electron chi connectivity index (χ3n) is 4.70. The zero-order valence-electron chi connectivity index (χ0n) is 16.9. The quantitative estimate of drug-likeness (QED) is 0.744. The maximum atomic E-state index is 13.1. The molecule has 0 spiro atoms. The number of fused-ring (bicyclic) bond motifs is 1. The highest BCUT2D eigenvalue weighted by Crippen LogP contribution is 2.31. The fraction of sp³-hybridized carbons (Fsp3) is 0.318. The minimum absolute atomic E-state index is 0.0772. The lowest BCUT2D eigenvalue weighted by Crippen LogP contribution is -2.27. The molecule has 0 aliphatic heterocycles. The molecular weight excluding hydrogens is 354 g/mol. The number of ether oxygens (including phenoxy) is 1. The third kappa shape index (κ3) is 3.63. The zero-order chi connectivity index (χ0) is 20.5. The number of methoxy groups -OCH3 is 1. The van der Waals surface area contributed by atoms with Crippen molar-refractivity contribution >= 4 is 22.4 Å². The Labute approximate surface area is 164 Å². The van der Waals surface area contributed by atoms with Crippen LogP contribution < -0.4 is 15.6 Å². The Hall–Kier alpha value is -3.15. The number of rotatable bonds is 4. The van der Waals surface area contributed by atoms with Crippen LogP contribution in [-0.2, 0) is 12.0 Å². The lowest BCUT2D eigenvalue weighted by atomic mass is 9.87. The summed E-state index contributed by atoms with van der Waals surface area (Å²) in [7, 11) is 1.56. The van der Waals surface area contributed by atoms with Crippen LogP contribution >= 0.6 is 0 Å². The van der Waals surface area contributed by atoms with E-state index >= 15 is 0 Å². The molecule has 146 valence electrons. The number of aryl methyl sites for hydroxylation is 1. The van der Waals surface area contributed by atoms with Crippen molar-refractivity contribution < 1.29 is 9.53 Å². The predicted molar refractivity (Wildman–Crippen MR) is 111 cm³/mol. The molecule has 0 aliphatic carbocycles. The topological polar surface area (TPSA) is 73.2 Å². The van der Waals surface area contributed by atoms with E-state index in [9.17, 15) is 9.59 Å². The number of aromatic nitrogens is 2. The Kier molecular flexibility index (Phi) is 5.23. The summed E-state index contributed by atoms with van der Waals surface area (Å²) in [6, 6.07) is 12.8. The molecule has 28 heavy (non-hydrogen) atoms. The van der Waals surface area contributed by atoms with E-state index in [2.05, 4.69) is 31.2 Å². The van der Waals surface area contributed by atoms with Crippen LogP contribution in [0.5, 0.6) is 5.75 Å². The summed E-state index contributed by atoms with van der Waals surface area (Å²) < 4.78 is 6.72. The lowest BCUT2D eigenvalue weighted by molar-refractivity contribution is 0.102. The van der Waals surface area contributed by atoms with Gasteiger partial charge in [0, 0.05) is 11.9 Å². The summed E-state index contributed by atoms with van der Waals surface area (Å²) in [6.07, 6.45) is 0. The van der Waals surface area contributed by atoms with Gasteiger partial charge in [0.25, 0.3) is 11.5 Å². The van der Waals surface area contributed by atoms with Gasteiger partial charge >= 0.3 is 0 Å². The van der Waals surface area contributed by atoms with E-state index in [1.165, 1.54) is 4.68 Å². The van der Waals surface area contributed by atoms with Gasteiger partial charge in [-0.3, -0.25) is 9.59 Å². The van der Waals surface area contributed by atoms with Crippen LogP contribution in [0.4, 0.5) is 5.69 Å². The normalized spacial score (nSPS) is 11.5. The van der Waals surface area contributed by atoms with E-state index in [4.69, 9.17) is 4.74 Å². The van der Waals surface area contributed by atoms with Crippen molar-refractivity contribution in [3.05, 3.63) is 64.1 Å². The molecule has 1 heterocycles. The smallest absolute Gasteiger partial charge is 0.276 e. The molecular formula is C22H25N3O3. The van der Waals surface area contributed by atoms with Gasteiger partial charge in [-0.1, -0.05) is 45.0 Å². The highest BCUT2D eigenvalue weighted by atomic mass is 16.5. The van der Waals surface area contributed by atoms with Crippen molar-refractivity contribution in [2.45, 2.75) is 39.7 Å². The van der Waals surface area contributed by atoms with E-state index in [1.54, 1.807) is 31.4 Å². The number of carbonyl (C=O) groups is 1. The van der Waals surface area contributed by atoms with Crippen LogP contribution in [0.3, 0.4) is 0 Å². The van der Waals surface area contributed by atoms with Gasteiger partial charge in [-0.05, 0) is 36.1 Å². The number of amides is 1. The van der Waals surface area contributed by atoms with Crippen molar-refractivity contribution in [1.82, 2.24) is 9.78 Å². The minimum atomic E-state index is -0.386. The van der Waals surface area contributed by atoms with Crippen LogP contribution in [0.1, 0.15) is 43.7 Å². The number of hydrogen-bond donors (Lipinski definition) is 1. The first-order valence-corrected chi connectivity index (χ1v) is 9.26. The Morgan fingerprint density at radius 2 is 1.82 bits per heavy atom. The predicted octanol–water partition coefficient (Wildman–Crippen LogP) is 3.97. The number of nitrogens with zero attached hydrogens (tertiary/aromatic N) is 2. The van der Waals surface area contributed by atoms with Gasteiger partial charge in [-0.25, -0.2) is 4.68 Å². The second-order valence-corrected chi connectivity index (χ2v) is 7.63. The van der Waals surface area contributed by atoms with Gasteiger partial charge in [-0.2, -0.15) is 5.10 Å². The average molecular weight is 379 g/mol. The second-order valence-electron chi connectivity index (χ2n) is 7.63. The maximum Gasteiger partial charge on any atom is 0.276 e. The minimum Gasteiger partial charge on any atom is -0.495 e. The lowest BCUT2D eigenvalue weighted by Gasteiger charge is -2.21. The molecule has 0 atom stereocenters. The fourth-order valence-electron chi connectivity index (χ4n) is 3.07. The molecule has 0 radical (unpaired) electrons. The molecule has 0 saturated carbocycles. The Balaban J connectivity index is 2.10. The number of benzene rings is 2. The van der Waals surface area contributed by atoms with Crippen LogP contribution in [0.25, 0.3) is 10.8 Å². The standard InChI is InChI=1S/C22H25N3O3/c1-6-25-21(27)16-10-8-7-9-15(16)19(24-25)20(26)23-17-13-14(22(2,3)4)11-12-18(17)28-5/h7-13H,6H2,1-5H3,(H,23,26). The van der Waals surface area contributed by atoms with E-state index in [0.29, 0.717) is 28.8 Å². The number of carbonyl (C=O) groups excluding carboxylic acids is 1. The van der Waals surface area contributed by atoms with E-state index in [-0.39, 0.29) is 22.6 Å². The van der Waals surface area contributed by atoms with Crippen molar-refractivity contribution in [1.29, 1.82) is 0 Å². The van der Waals surface area contributed by atoms with Crippen molar-refractivity contribution in [2.24, 2.45) is 0 Å². The molecule has 3 rings (SSSR count). The highest BCUT2D eigenvalue weighted by Gasteiger charge is 2.20. The van der Waals surface area contributed by atoms with Crippen LogP contribution in [0.2, 0.25) is 0 Å². The zero-order valence-corrected chi connectivity index (χ0v) is 16.9. The molecule has 1 aromatic heterocycles. The first kappa shape index (κ1) is 19.6. The number of anilines is 1. The van der Waals surface area contributed by atoms with Crippen LogP contribution in [0.15, 0.2) is 47.3 Å². The Bertz CT molecular complexity index is 1090. The maximum absolute atomic E-state index is 13.1. The average Bonchev–Trinajstić information content (AvgIpc) is 2.67. The van der Waals surface area contributed by atoms with Gasteiger partial charge in [0.05, 0.1) is 18.2 Å². The van der Waals surface area contributed by atoms with Crippen molar-refractivity contribution in [2.75, 3.05) is 12.4 Å². The number of hydrogen-bond acceptors (Lipinski definition) is 4. The Morgan fingerprint density at radius 1 is 1.14 bits per heavy atom. The summed E-state index contributed by atoms with van der Waals surface area (Å²) in [5, 5.41) is 8.20. The highest BCUT2D eigenvalue weighted by molar-refractivity contribution is 6.11. The molecule has 0 fully saturated rings. The molecule has 0 saturated heterocycles. The van der Waals surface area contributed by atoms with E-state index < -0.39 is 0 Å². The number of nitrogens with one attached hydrogen (secondary N) is 1. The van der Waals surface area contributed by atoms with Gasteiger partial charge in [0.2, 0.25) is 0 Å². The van der Waals surface area contributed by atoms with E-state index in [0.717, 1.165) is 5.56 Å². The first-order valence-electron chi connectivity index (χ1n) is 9.26. The van der Waals surface area contributed by atoms with Gasteiger partial charge in [-0.15, -0.1) is 0 Å². The summed E-state index contributed by atoms with van der Waals surface area (Å²) >= 11 is 0. The first-order chi connectivity index (χ1) is 13.3. The largest absolute Gasteiger partial charge is 0.495 e. The summed E-state index contributed by atoms with van der Waals surface area (Å²) in [5.41, 5.74) is 1.56. The van der Waals surface area contributed by atoms with Gasteiger partial charge in [0.1, 0.15) is 5.75 Å². The fourth-order valence-corrected chi connectivity index (χ4v) is 3.07. The van der Waals surface area contributed by atoms with Crippen LogP contribution in [0, 0.1) is 0 Å². The molecule has 0 unspecified atom stereocenters. The molecule has 0 bridgehead atoms. The van der Waals surface area contributed by atoms with E-state index in [1.807, 2.05) is 25.1 Å². The molecule has 2 aromatic carbocycles. The molecule has 6 heteroatoms. The molecule has 6 nitrogen and oxygen atoms in total. The molecule has 1 N–H and O–H groups in total. The van der Waals surface area contributed by atoms with Crippen LogP contribution in [-0.4, -0.2) is 22.8 Å². The van der Waals surface area contributed by atoms with Gasteiger partial charge in [0.15, 0.2) is 5.69 Å². The SMILES string of the molecule is CCn1nc(C(=O)Nc2cc(C(C)(C)C)ccc2OC)c2ccccc2c1=O. The van der Waals surface area contributed by atoms with Gasteiger partial charge < -0.3 is 10.1 Å². The summed E-state index contributed by atoms with van der Waals surface area (Å²) in [4.78, 5) is 25.6. The third-order valence-corrected chi connectivity index (χ3v) is 4.70. The Morgan fingerprint density at radius 3 is 2.43 bits per heavy atom. The summed E-state index contributed by atoms with van der Waals surface area (Å²) in [5.74, 6) is 0.178.